The molecule has 0 aliphatic carbocycles. The molecule has 0 aromatic heterocycles. The van der Waals surface area contributed by atoms with Gasteiger partial charge in [0, 0.05) is 6.07 Å². The second-order valence-corrected chi connectivity index (χ2v) is 2.19. The summed E-state index contributed by atoms with van der Waals surface area (Å²) >= 11 is 4.98. The molecule has 1 nitrogen and oxygen atoms in total. The van der Waals surface area contributed by atoms with Gasteiger partial charge in [0.1, 0.15) is 5.02 Å². The van der Waals surface area contributed by atoms with Crippen LogP contribution in [0, 0.1) is 17.5 Å². The number of aromatic hydroxyl groups is 1. The summed E-state index contributed by atoms with van der Waals surface area (Å²) in [4.78, 5) is 0. The van der Waals surface area contributed by atoms with E-state index in [-0.39, 0.29) is 6.07 Å². The number of hydrogen-bond donors (Lipinski definition) is 1. The third kappa shape index (κ3) is 1.26. The number of phenolic OH excluding ortho intramolecular Hbond substituents is 1. The lowest BCUT2D eigenvalue weighted by atomic mass is 10.3. The molecule has 0 atom stereocenters. The van der Waals surface area contributed by atoms with E-state index in [1.807, 2.05) is 0 Å². The van der Waals surface area contributed by atoms with Crippen molar-refractivity contribution in [2.45, 2.75) is 0 Å². The summed E-state index contributed by atoms with van der Waals surface area (Å²) in [7, 11) is 0. The molecule has 1 aromatic rings. The molecule has 1 aromatic carbocycles. The van der Waals surface area contributed by atoms with Gasteiger partial charge in [-0.2, -0.15) is 0 Å². The van der Waals surface area contributed by atoms with Crippen LogP contribution in [0.5, 0.6) is 5.75 Å². The lowest BCUT2D eigenvalue weighted by Crippen LogP contribution is -1.88. The highest BCUT2D eigenvalue weighted by Gasteiger charge is 2.15. The highest BCUT2D eigenvalue weighted by molar-refractivity contribution is 6.32. The van der Waals surface area contributed by atoms with E-state index in [0.29, 0.717) is 0 Å². The molecule has 1 rings (SSSR count). The largest absolute Gasteiger partial charge is 0.504 e. The molecule has 0 unspecified atom stereocenters. The molecule has 0 heterocycles. The summed E-state index contributed by atoms with van der Waals surface area (Å²) in [6.07, 6.45) is 0. The molecule has 0 saturated carbocycles. The third-order valence-corrected chi connectivity index (χ3v) is 1.43. The van der Waals surface area contributed by atoms with E-state index in [1.165, 1.54) is 0 Å². The van der Waals surface area contributed by atoms with Crippen LogP contribution >= 0.6 is 11.6 Å². The fraction of sp³-hybridized carbons (Fsp3) is 0. The zero-order chi connectivity index (χ0) is 8.59. The van der Waals surface area contributed by atoms with E-state index in [1.54, 1.807) is 0 Å². The Morgan fingerprint density at radius 1 is 1.18 bits per heavy atom. The van der Waals surface area contributed by atoms with Gasteiger partial charge in [-0.3, -0.25) is 0 Å². The standard InChI is InChI=1S/C6H2ClF3O/c7-4-5(10)2(8)1-3(9)6(4)11/h1,11H. The van der Waals surface area contributed by atoms with Gasteiger partial charge in [0.2, 0.25) is 0 Å². The molecule has 0 aliphatic rings. The number of phenols is 1. The topological polar surface area (TPSA) is 20.2 Å². The fourth-order valence-corrected chi connectivity index (χ4v) is 0.737. The van der Waals surface area contributed by atoms with Crippen LogP contribution in [0.1, 0.15) is 0 Å². The van der Waals surface area contributed by atoms with Crippen LogP contribution in [0.4, 0.5) is 13.2 Å². The monoisotopic (exact) mass is 182 g/mol. The Hall–Kier alpha value is -0.900. The molecule has 0 spiro atoms. The summed E-state index contributed by atoms with van der Waals surface area (Å²) in [6, 6.07) is 0.219. The Morgan fingerprint density at radius 3 is 2.27 bits per heavy atom. The van der Waals surface area contributed by atoms with E-state index in [4.69, 9.17) is 16.7 Å². The second-order valence-electron chi connectivity index (χ2n) is 1.82. The minimum Gasteiger partial charge on any atom is -0.504 e. The Bertz CT molecular complexity index is 274. The average molecular weight is 183 g/mol. The first kappa shape index (κ1) is 8.20. The van der Waals surface area contributed by atoms with Crippen molar-refractivity contribution in [1.29, 1.82) is 0 Å². The molecular weight excluding hydrogens is 181 g/mol. The minimum atomic E-state index is -1.45. The van der Waals surface area contributed by atoms with Crippen molar-refractivity contribution in [2.75, 3.05) is 0 Å². The molecule has 0 bridgehead atoms. The molecular formula is C6H2ClF3O. The van der Waals surface area contributed by atoms with Crippen LogP contribution < -0.4 is 0 Å². The number of hydrogen-bond acceptors (Lipinski definition) is 1. The van der Waals surface area contributed by atoms with Gasteiger partial charge in [0.15, 0.2) is 23.2 Å². The first-order chi connectivity index (χ1) is 5.04. The molecule has 0 amide bonds. The summed E-state index contributed by atoms with van der Waals surface area (Å²) in [5.74, 6) is -5.24. The van der Waals surface area contributed by atoms with Crippen LogP contribution in [-0.2, 0) is 0 Å². The molecule has 1 N–H and O–H groups in total. The van der Waals surface area contributed by atoms with Crippen LogP contribution in [-0.4, -0.2) is 5.11 Å². The van der Waals surface area contributed by atoms with Crippen LogP contribution in [0.2, 0.25) is 5.02 Å². The fourth-order valence-electron chi connectivity index (χ4n) is 0.557. The average Bonchev–Trinajstić information content (AvgIpc) is 1.97. The van der Waals surface area contributed by atoms with Gasteiger partial charge in [-0.25, -0.2) is 13.2 Å². The first-order valence-electron chi connectivity index (χ1n) is 2.56. The predicted molar refractivity (Wildman–Crippen MR) is 33.0 cm³/mol. The Labute approximate surface area is 65.0 Å². The van der Waals surface area contributed by atoms with Crippen molar-refractivity contribution >= 4 is 11.6 Å². The van der Waals surface area contributed by atoms with Gasteiger partial charge in [0.25, 0.3) is 0 Å². The van der Waals surface area contributed by atoms with Gasteiger partial charge in [-0.1, -0.05) is 11.6 Å². The van der Waals surface area contributed by atoms with E-state index < -0.39 is 28.2 Å². The van der Waals surface area contributed by atoms with Gasteiger partial charge in [0.05, 0.1) is 0 Å². The summed E-state index contributed by atoms with van der Waals surface area (Å²) < 4.78 is 36.8. The normalized spacial score (nSPS) is 10.2. The van der Waals surface area contributed by atoms with Gasteiger partial charge < -0.3 is 5.11 Å². The summed E-state index contributed by atoms with van der Waals surface area (Å²) in [5, 5.41) is 7.66. The molecule has 60 valence electrons. The number of halogens is 4. The predicted octanol–water partition coefficient (Wildman–Crippen LogP) is 2.46. The van der Waals surface area contributed by atoms with E-state index in [9.17, 15) is 13.2 Å². The van der Waals surface area contributed by atoms with E-state index in [0.717, 1.165) is 0 Å². The second kappa shape index (κ2) is 2.62. The van der Waals surface area contributed by atoms with Gasteiger partial charge >= 0.3 is 0 Å². The summed E-state index contributed by atoms with van der Waals surface area (Å²) in [5.41, 5.74) is 0. The number of benzene rings is 1. The van der Waals surface area contributed by atoms with E-state index in [2.05, 4.69) is 0 Å². The van der Waals surface area contributed by atoms with Crippen LogP contribution in [0.15, 0.2) is 6.07 Å². The maximum Gasteiger partial charge on any atom is 0.181 e. The van der Waals surface area contributed by atoms with Crippen molar-refractivity contribution in [3.05, 3.63) is 28.5 Å². The van der Waals surface area contributed by atoms with Gasteiger partial charge in [-0.05, 0) is 0 Å². The lowest BCUT2D eigenvalue weighted by molar-refractivity contribution is 0.413. The maximum absolute atomic E-state index is 12.3. The zero-order valence-electron chi connectivity index (χ0n) is 5.04. The SMILES string of the molecule is Oc1c(F)cc(F)c(F)c1Cl. The molecule has 0 saturated heterocycles. The zero-order valence-corrected chi connectivity index (χ0v) is 5.79. The molecule has 0 radical (unpaired) electrons. The smallest absolute Gasteiger partial charge is 0.181 e. The minimum absolute atomic E-state index is 0.219. The Balaban J connectivity index is 3.46. The first-order valence-corrected chi connectivity index (χ1v) is 2.93. The van der Waals surface area contributed by atoms with Crippen LogP contribution in [0.3, 0.4) is 0 Å². The lowest BCUT2D eigenvalue weighted by Gasteiger charge is -1.99. The molecule has 0 fully saturated rings. The molecule has 5 heteroatoms. The molecule has 0 aliphatic heterocycles. The van der Waals surface area contributed by atoms with Crippen molar-refractivity contribution < 1.29 is 18.3 Å². The van der Waals surface area contributed by atoms with Crippen LogP contribution in [0.25, 0.3) is 0 Å². The van der Waals surface area contributed by atoms with Crippen molar-refractivity contribution in [3.8, 4) is 5.75 Å². The quantitative estimate of drug-likeness (QED) is 0.483. The van der Waals surface area contributed by atoms with Crippen molar-refractivity contribution in [3.63, 3.8) is 0 Å². The Morgan fingerprint density at radius 2 is 1.73 bits per heavy atom. The van der Waals surface area contributed by atoms with E-state index >= 15 is 0 Å². The highest BCUT2D eigenvalue weighted by atomic mass is 35.5. The number of rotatable bonds is 0. The summed E-state index contributed by atoms with van der Waals surface area (Å²) in [6.45, 7) is 0. The Kier molecular flexibility index (Phi) is 1.95. The molecule has 11 heavy (non-hydrogen) atoms. The van der Waals surface area contributed by atoms with Crippen molar-refractivity contribution in [1.82, 2.24) is 0 Å². The highest BCUT2D eigenvalue weighted by Crippen LogP contribution is 2.30. The third-order valence-electron chi connectivity index (χ3n) is 1.09. The van der Waals surface area contributed by atoms with Gasteiger partial charge in [-0.15, -0.1) is 0 Å². The maximum atomic E-state index is 12.3. The van der Waals surface area contributed by atoms with Crippen molar-refractivity contribution in [2.24, 2.45) is 0 Å².